The summed E-state index contributed by atoms with van der Waals surface area (Å²) in [7, 11) is 1.37. The van der Waals surface area contributed by atoms with E-state index in [1.54, 1.807) is 6.07 Å². The van der Waals surface area contributed by atoms with Crippen LogP contribution < -0.4 is 11.1 Å². The molecule has 3 amide bonds. The van der Waals surface area contributed by atoms with Crippen LogP contribution >= 0.6 is 15.9 Å². The first-order chi connectivity index (χ1) is 8.82. The standard InChI is InChI=1S/C11H12BrN3O4/c1-15(5-8(13)16)11(19)14-9-6(10(17)18)3-2-4-7(9)12/h2-4H,5H2,1H3,(H2,13,16)(H,14,19)(H,17,18). The van der Waals surface area contributed by atoms with Gasteiger partial charge in [-0.15, -0.1) is 0 Å². The average molecular weight is 330 g/mol. The van der Waals surface area contributed by atoms with Crippen LogP contribution in [0.4, 0.5) is 10.5 Å². The number of rotatable bonds is 4. The summed E-state index contributed by atoms with van der Waals surface area (Å²) in [6.45, 7) is -0.265. The number of carbonyl (C=O) groups excluding carboxylic acids is 2. The van der Waals surface area contributed by atoms with E-state index in [1.807, 2.05) is 0 Å². The molecule has 0 radical (unpaired) electrons. The molecular weight excluding hydrogens is 318 g/mol. The predicted octanol–water partition coefficient (Wildman–Crippen LogP) is 1.10. The van der Waals surface area contributed by atoms with Gasteiger partial charge in [0.15, 0.2) is 0 Å². The van der Waals surface area contributed by atoms with Gasteiger partial charge in [0.2, 0.25) is 5.91 Å². The van der Waals surface area contributed by atoms with Crippen molar-refractivity contribution < 1.29 is 19.5 Å². The molecule has 0 aliphatic rings. The zero-order valence-corrected chi connectivity index (χ0v) is 11.6. The van der Waals surface area contributed by atoms with Gasteiger partial charge in [0.05, 0.1) is 11.3 Å². The highest BCUT2D eigenvalue weighted by atomic mass is 79.9. The molecule has 0 fully saturated rings. The van der Waals surface area contributed by atoms with Crippen LogP contribution in [0.5, 0.6) is 0 Å². The van der Waals surface area contributed by atoms with Crippen LogP contribution in [0.2, 0.25) is 0 Å². The summed E-state index contributed by atoms with van der Waals surface area (Å²) >= 11 is 3.16. The fourth-order valence-corrected chi connectivity index (χ4v) is 1.80. The van der Waals surface area contributed by atoms with E-state index < -0.39 is 17.9 Å². The molecule has 0 spiro atoms. The first kappa shape index (κ1) is 15.0. The zero-order valence-electron chi connectivity index (χ0n) is 10.0. The molecule has 0 aromatic heterocycles. The summed E-state index contributed by atoms with van der Waals surface area (Å²) in [6, 6.07) is 3.86. The average Bonchev–Trinajstić information content (AvgIpc) is 2.30. The lowest BCUT2D eigenvalue weighted by molar-refractivity contribution is -0.118. The number of anilines is 1. The van der Waals surface area contributed by atoms with E-state index in [9.17, 15) is 14.4 Å². The molecule has 0 atom stereocenters. The molecule has 0 bridgehead atoms. The maximum absolute atomic E-state index is 11.8. The van der Waals surface area contributed by atoms with E-state index in [0.717, 1.165) is 4.90 Å². The number of aromatic carboxylic acids is 1. The van der Waals surface area contributed by atoms with Crippen molar-refractivity contribution in [2.75, 3.05) is 18.9 Å². The van der Waals surface area contributed by atoms with Crippen LogP contribution in [0.15, 0.2) is 22.7 Å². The molecule has 0 aliphatic carbocycles. The van der Waals surface area contributed by atoms with Crippen LogP contribution in [-0.2, 0) is 4.79 Å². The number of hydrogen-bond acceptors (Lipinski definition) is 3. The minimum absolute atomic E-state index is 0.0600. The van der Waals surface area contributed by atoms with Gasteiger partial charge in [0.25, 0.3) is 0 Å². The third-order valence-electron chi connectivity index (χ3n) is 2.22. The van der Waals surface area contributed by atoms with Crippen molar-refractivity contribution in [2.45, 2.75) is 0 Å². The Kier molecular flexibility index (Phi) is 4.87. The number of nitrogens with two attached hydrogens (primary N) is 1. The molecule has 0 unspecified atom stereocenters. The number of hydrogen-bond donors (Lipinski definition) is 3. The van der Waals surface area contributed by atoms with E-state index in [1.165, 1.54) is 19.2 Å². The van der Waals surface area contributed by atoms with Crippen molar-refractivity contribution in [3.8, 4) is 0 Å². The minimum Gasteiger partial charge on any atom is -0.478 e. The second kappa shape index (κ2) is 6.19. The number of likely N-dealkylation sites (N-methyl/N-ethyl adjacent to an activating group) is 1. The van der Waals surface area contributed by atoms with Crippen LogP contribution in [0.3, 0.4) is 0 Å². The van der Waals surface area contributed by atoms with E-state index in [-0.39, 0.29) is 17.8 Å². The monoisotopic (exact) mass is 329 g/mol. The number of carboxylic acids is 1. The Labute approximate surface area is 117 Å². The number of benzene rings is 1. The van der Waals surface area contributed by atoms with Gasteiger partial charge in [-0.1, -0.05) is 6.07 Å². The van der Waals surface area contributed by atoms with Gasteiger partial charge < -0.3 is 21.1 Å². The molecule has 1 rings (SSSR count). The Morgan fingerprint density at radius 3 is 2.58 bits per heavy atom. The largest absolute Gasteiger partial charge is 0.478 e. The number of carbonyl (C=O) groups is 3. The number of nitrogens with zero attached hydrogens (tertiary/aromatic N) is 1. The van der Waals surface area contributed by atoms with Crippen molar-refractivity contribution in [1.29, 1.82) is 0 Å². The van der Waals surface area contributed by atoms with Crippen LogP contribution in [0.25, 0.3) is 0 Å². The fourth-order valence-electron chi connectivity index (χ4n) is 1.34. The summed E-state index contributed by atoms with van der Waals surface area (Å²) < 4.78 is 0.424. The van der Waals surface area contributed by atoms with Gasteiger partial charge in [-0.25, -0.2) is 9.59 Å². The Morgan fingerprint density at radius 2 is 2.05 bits per heavy atom. The van der Waals surface area contributed by atoms with Crippen LogP contribution in [-0.4, -0.2) is 41.5 Å². The number of para-hydroxylation sites is 1. The molecule has 8 heteroatoms. The van der Waals surface area contributed by atoms with Crippen LogP contribution in [0.1, 0.15) is 10.4 Å². The zero-order chi connectivity index (χ0) is 14.6. The Hall–Kier alpha value is -2.09. The normalized spacial score (nSPS) is 9.79. The van der Waals surface area contributed by atoms with E-state index in [0.29, 0.717) is 4.47 Å². The van der Waals surface area contributed by atoms with E-state index in [2.05, 4.69) is 21.2 Å². The number of amides is 3. The molecule has 1 aromatic carbocycles. The van der Waals surface area contributed by atoms with Crippen molar-refractivity contribution in [2.24, 2.45) is 5.73 Å². The highest BCUT2D eigenvalue weighted by Gasteiger charge is 2.17. The first-order valence-corrected chi connectivity index (χ1v) is 5.94. The van der Waals surface area contributed by atoms with Gasteiger partial charge in [-0.05, 0) is 28.1 Å². The fraction of sp³-hybridized carbons (Fsp3) is 0.182. The van der Waals surface area contributed by atoms with Crippen molar-refractivity contribution in [3.63, 3.8) is 0 Å². The first-order valence-electron chi connectivity index (χ1n) is 5.15. The lowest BCUT2D eigenvalue weighted by Gasteiger charge is -2.17. The highest BCUT2D eigenvalue weighted by Crippen LogP contribution is 2.26. The predicted molar refractivity (Wildman–Crippen MR) is 71.9 cm³/mol. The molecule has 0 saturated heterocycles. The molecule has 0 saturated carbocycles. The van der Waals surface area contributed by atoms with Crippen molar-refractivity contribution in [3.05, 3.63) is 28.2 Å². The second-order valence-electron chi connectivity index (χ2n) is 3.72. The highest BCUT2D eigenvalue weighted by molar-refractivity contribution is 9.10. The Morgan fingerprint density at radius 1 is 1.42 bits per heavy atom. The third-order valence-corrected chi connectivity index (χ3v) is 2.88. The van der Waals surface area contributed by atoms with Gasteiger partial charge in [-0.3, -0.25) is 4.79 Å². The summed E-state index contributed by atoms with van der Waals surface area (Å²) in [5.41, 5.74) is 5.03. The third kappa shape index (κ3) is 3.95. The van der Waals surface area contributed by atoms with Gasteiger partial charge in [0.1, 0.15) is 6.54 Å². The summed E-state index contributed by atoms with van der Waals surface area (Å²) in [5, 5.41) is 11.4. The molecule has 102 valence electrons. The quantitative estimate of drug-likeness (QED) is 0.767. The Balaban J connectivity index is 2.96. The van der Waals surface area contributed by atoms with E-state index >= 15 is 0 Å². The molecule has 4 N–H and O–H groups in total. The van der Waals surface area contributed by atoms with E-state index in [4.69, 9.17) is 10.8 Å². The molecule has 1 aromatic rings. The molecule has 0 heterocycles. The Bertz CT molecular complexity index is 533. The maximum Gasteiger partial charge on any atom is 0.337 e. The number of nitrogens with one attached hydrogen (secondary N) is 1. The SMILES string of the molecule is CN(CC(N)=O)C(=O)Nc1c(Br)cccc1C(=O)O. The summed E-state index contributed by atoms with van der Waals surface area (Å²) in [4.78, 5) is 34.6. The molecule has 0 aliphatic heterocycles. The van der Waals surface area contributed by atoms with Crippen molar-refractivity contribution in [1.82, 2.24) is 4.90 Å². The maximum atomic E-state index is 11.8. The van der Waals surface area contributed by atoms with Gasteiger partial charge in [-0.2, -0.15) is 0 Å². The number of urea groups is 1. The topological polar surface area (TPSA) is 113 Å². The lowest BCUT2D eigenvalue weighted by atomic mass is 10.2. The van der Waals surface area contributed by atoms with Crippen LogP contribution in [0, 0.1) is 0 Å². The molecule has 7 nitrogen and oxygen atoms in total. The minimum atomic E-state index is -1.17. The van der Waals surface area contributed by atoms with Gasteiger partial charge >= 0.3 is 12.0 Å². The van der Waals surface area contributed by atoms with Gasteiger partial charge in [0, 0.05) is 11.5 Å². The molecule has 19 heavy (non-hydrogen) atoms. The second-order valence-corrected chi connectivity index (χ2v) is 4.57. The lowest BCUT2D eigenvalue weighted by Crippen LogP contribution is -2.38. The summed E-state index contributed by atoms with van der Waals surface area (Å²) in [5.74, 6) is -1.84. The smallest absolute Gasteiger partial charge is 0.337 e. The number of primary amides is 1. The number of carboxylic acid groups (broad SMARTS) is 1. The number of halogens is 1. The van der Waals surface area contributed by atoms with Crippen molar-refractivity contribution >= 4 is 39.5 Å². The summed E-state index contributed by atoms with van der Waals surface area (Å²) in [6.07, 6.45) is 0. The molecular formula is C11H12BrN3O4.